The van der Waals surface area contributed by atoms with E-state index in [1.807, 2.05) is 37.3 Å². The maximum Gasteiger partial charge on any atom is 0.306 e. The predicted molar refractivity (Wildman–Crippen MR) is 109 cm³/mol. The summed E-state index contributed by atoms with van der Waals surface area (Å²) in [5, 5.41) is 5.51. The second-order valence-corrected chi connectivity index (χ2v) is 6.38. The number of amides is 2. The summed E-state index contributed by atoms with van der Waals surface area (Å²) in [4.78, 5) is 35.5. The van der Waals surface area contributed by atoms with Gasteiger partial charge in [-0.25, -0.2) is 0 Å². The van der Waals surface area contributed by atoms with Gasteiger partial charge in [-0.05, 0) is 30.2 Å². The molecule has 2 amide bonds. The molecular formula is C22H26N2O4. The molecule has 0 aromatic heterocycles. The lowest BCUT2D eigenvalue weighted by Crippen LogP contribution is -2.16. The highest BCUT2D eigenvalue weighted by Gasteiger charge is 2.09. The van der Waals surface area contributed by atoms with E-state index in [0.29, 0.717) is 30.8 Å². The molecule has 0 atom stereocenters. The van der Waals surface area contributed by atoms with Crippen molar-refractivity contribution in [3.63, 3.8) is 0 Å². The topological polar surface area (TPSA) is 84.5 Å². The van der Waals surface area contributed by atoms with E-state index in [2.05, 4.69) is 10.6 Å². The monoisotopic (exact) mass is 382 g/mol. The van der Waals surface area contributed by atoms with Crippen molar-refractivity contribution >= 4 is 29.2 Å². The number of esters is 1. The van der Waals surface area contributed by atoms with Gasteiger partial charge in [0.25, 0.3) is 0 Å². The largest absolute Gasteiger partial charge is 0.465 e. The van der Waals surface area contributed by atoms with Gasteiger partial charge in [-0.3, -0.25) is 14.4 Å². The number of anilines is 2. The van der Waals surface area contributed by atoms with Gasteiger partial charge < -0.3 is 15.4 Å². The molecule has 2 aromatic carbocycles. The summed E-state index contributed by atoms with van der Waals surface area (Å²) in [5.41, 5.74) is 2.28. The van der Waals surface area contributed by atoms with E-state index < -0.39 is 5.97 Å². The van der Waals surface area contributed by atoms with Gasteiger partial charge in [0.05, 0.1) is 13.0 Å². The molecule has 6 heteroatoms. The van der Waals surface area contributed by atoms with Crippen LogP contribution in [-0.2, 0) is 25.5 Å². The quantitative estimate of drug-likeness (QED) is 0.610. The van der Waals surface area contributed by atoms with Crippen LogP contribution in [0.3, 0.4) is 0 Å². The van der Waals surface area contributed by atoms with E-state index in [-0.39, 0.29) is 24.7 Å². The first-order chi connectivity index (χ1) is 13.6. The number of hydrogen-bond donors (Lipinski definition) is 2. The zero-order valence-corrected chi connectivity index (χ0v) is 16.1. The Morgan fingerprint density at radius 2 is 1.46 bits per heavy atom. The fraction of sp³-hybridized carbons (Fsp3) is 0.318. The van der Waals surface area contributed by atoms with Crippen molar-refractivity contribution in [3.05, 3.63) is 60.2 Å². The molecule has 148 valence electrons. The average molecular weight is 382 g/mol. The molecule has 0 aliphatic heterocycles. The molecule has 0 fully saturated rings. The molecule has 0 bridgehead atoms. The molecule has 0 saturated carbocycles. The minimum atomic E-state index is -0.397. The zero-order valence-electron chi connectivity index (χ0n) is 16.1. The van der Waals surface area contributed by atoms with Crippen LogP contribution in [0.2, 0.25) is 0 Å². The lowest BCUT2D eigenvalue weighted by Gasteiger charge is -2.09. The summed E-state index contributed by atoms with van der Waals surface area (Å²) < 4.78 is 5.17. The van der Waals surface area contributed by atoms with Gasteiger partial charge in [0.1, 0.15) is 0 Å². The van der Waals surface area contributed by atoms with E-state index in [1.165, 1.54) is 0 Å². The van der Waals surface area contributed by atoms with Crippen LogP contribution in [0.15, 0.2) is 54.6 Å². The van der Waals surface area contributed by atoms with Crippen LogP contribution in [0.1, 0.15) is 38.2 Å². The van der Waals surface area contributed by atoms with Gasteiger partial charge in [0, 0.05) is 30.6 Å². The van der Waals surface area contributed by atoms with Crippen LogP contribution in [0.5, 0.6) is 0 Å². The number of rotatable bonds is 10. The lowest BCUT2D eigenvalue weighted by molar-refractivity contribution is -0.144. The minimum absolute atomic E-state index is 0.0214. The van der Waals surface area contributed by atoms with Crippen LogP contribution in [-0.4, -0.2) is 24.4 Å². The fourth-order valence-corrected chi connectivity index (χ4v) is 2.56. The van der Waals surface area contributed by atoms with Crippen molar-refractivity contribution in [3.8, 4) is 0 Å². The molecule has 0 heterocycles. The van der Waals surface area contributed by atoms with Crippen LogP contribution >= 0.6 is 0 Å². The molecule has 0 aliphatic carbocycles. The summed E-state index contributed by atoms with van der Waals surface area (Å²) >= 11 is 0. The van der Waals surface area contributed by atoms with Crippen molar-refractivity contribution in [1.29, 1.82) is 0 Å². The maximum absolute atomic E-state index is 12.0. The molecule has 6 nitrogen and oxygen atoms in total. The molecule has 0 aliphatic rings. The minimum Gasteiger partial charge on any atom is -0.465 e. The summed E-state index contributed by atoms with van der Waals surface area (Å²) in [6, 6.07) is 16.7. The Bertz CT molecular complexity index is 790. The molecule has 2 N–H and O–H groups in total. The van der Waals surface area contributed by atoms with E-state index in [1.54, 1.807) is 24.3 Å². The highest BCUT2D eigenvalue weighted by molar-refractivity contribution is 5.94. The molecule has 28 heavy (non-hydrogen) atoms. The second kappa shape index (κ2) is 11.5. The SMILES string of the molecule is CCCC(=O)Nc1cccc(NC(=O)CCC(=O)OCCc2ccccc2)c1. The third kappa shape index (κ3) is 8.03. The van der Waals surface area contributed by atoms with Crippen LogP contribution in [0, 0.1) is 0 Å². The number of nitrogens with one attached hydrogen (secondary N) is 2. The summed E-state index contributed by atoms with van der Waals surface area (Å²) in [6.45, 7) is 2.23. The Morgan fingerprint density at radius 1 is 0.821 bits per heavy atom. The van der Waals surface area contributed by atoms with E-state index in [4.69, 9.17) is 4.74 Å². The molecule has 0 unspecified atom stereocenters. The highest BCUT2D eigenvalue weighted by atomic mass is 16.5. The molecule has 0 spiro atoms. The van der Waals surface area contributed by atoms with Crippen molar-refractivity contribution in [2.75, 3.05) is 17.2 Å². The standard InChI is InChI=1S/C22H26N2O4/c1-2-7-20(25)23-18-10-6-11-19(16-18)24-21(26)12-13-22(27)28-15-14-17-8-4-3-5-9-17/h3-6,8-11,16H,2,7,12-15H2,1H3,(H,23,25)(H,24,26). The first kappa shape index (κ1) is 21.2. The summed E-state index contributed by atoms with van der Waals surface area (Å²) in [7, 11) is 0. The van der Waals surface area contributed by atoms with Gasteiger partial charge >= 0.3 is 5.97 Å². The zero-order chi connectivity index (χ0) is 20.2. The Kier molecular flexibility index (Phi) is 8.72. The third-order valence-corrected chi connectivity index (χ3v) is 3.96. The van der Waals surface area contributed by atoms with Gasteiger partial charge in [0.15, 0.2) is 0 Å². The first-order valence-corrected chi connectivity index (χ1v) is 9.46. The van der Waals surface area contributed by atoms with Gasteiger partial charge in [-0.1, -0.05) is 43.3 Å². The number of benzene rings is 2. The second-order valence-electron chi connectivity index (χ2n) is 6.38. The van der Waals surface area contributed by atoms with Crippen molar-refractivity contribution in [1.82, 2.24) is 0 Å². The number of carbonyl (C=O) groups excluding carboxylic acids is 3. The number of ether oxygens (including phenoxy) is 1. The number of hydrogen-bond acceptors (Lipinski definition) is 4. The normalized spacial score (nSPS) is 10.2. The smallest absolute Gasteiger partial charge is 0.306 e. The van der Waals surface area contributed by atoms with Crippen LogP contribution < -0.4 is 10.6 Å². The summed E-state index contributed by atoms with van der Waals surface area (Å²) in [6.07, 6.45) is 1.92. The van der Waals surface area contributed by atoms with E-state index >= 15 is 0 Å². The predicted octanol–water partition coefficient (Wildman–Crippen LogP) is 3.93. The van der Waals surface area contributed by atoms with Crippen LogP contribution in [0.4, 0.5) is 11.4 Å². The molecule has 2 aromatic rings. The average Bonchev–Trinajstić information content (AvgIpc) is 2.68. The Balaban J connectivity index is 1.70. The highest BCUT2D eigenvalue weighted by Crippen LogP contribution is 2.16. The molecule has 0 radical (unpaired) electrons. The van der Waals surface area contributed by atoms with Gasteiger partial charge in [-0.15, -0.1) is 0 Å². The fourth-order valence-electron chi connectivity index (χ4n) is 2.56. The Hall–Kier alpha value is -3.15. The number of carbonyl (C=O) groups is 3. The first-order valence-electron chi connectivity index (χ1n) is 9.46. The van der Waals surface area contributed by atoms with Crippen molar-refractivity contribution < 1.29 is 19.1 Å². The van der Waals surface area contributed by atoms with E-state index in [9.17, 15) is 14.4 Å². The maximum atomic E-state index is 12.0. The Morgan fingerprint density at radius 3 is 2.11 bits per heavy atom. The Labute approximate surface area is 165 Å². The lowest BCUT2D eigenvalue weighted by atomic mass is 10.2. The van der Waals surface area contributed by atoms with Crippen molar-refractivity contribution in [2.24, 2.45) is 0 Å². The third-order valence-electron chi connectivity index (χ3n) is 3.96. The van der Waals surface area contributed by atoms with Gasteiger partial charge in [0.2, 0.25) is 11.8 Å². The summed E-state index contributed by atoms with van der Waals surface area (Å²) in [5.74, 6) is -0.743. The van der Waals surface area contributed by atoms with Crippen molar-refractivity contribution in [2.45, 2.75) is 39.0 Å². The molecular weight excluding hydrogens is 356 g/mol. The van der Waals surface area contributed by atoms with E-state index in [0.717, 1.165) is 12.0 Å². The molecule has 0 saturated heterocycles. The van der Waals surface area contributed by atoms with Crippen LogP contribution in [0.25, 0.3) is 0 Å². The molecule has 2 rings (SSSR count). The van der Waals surface area contributed by atoms with Gasteiger partial charge in [-0.2, -0.15) is 0 Å².